The number of aryl methyl sites for hydroxylation is 1. The molecule has 2 amide bonds. The summed E-state index contributed by atoms with van der Waals surface area (Å²) in [6.07, 6.45) is 0. The summed E-state index contributed by atoms with van der Waals surface area (Å²) in [4.78, 5) is 13.8. The van der Waals surface area contributed by atoms with E-state index in [-0.39, 0.29) is 6.03 Å². The van der Waals surface area contributed by atoms with Crippen LogP contribution in [0.2, 0.25) is 0 Å². The van der Waals surface area contributed by atoms with Crippen LogP contribution in [0.3, 0.4) is 0 Å². The maximum atomic E-state index is 12.2. The Hall–Kier alpha value is -2.81. The van der Waals surface area contributed by atoms with Gasteiger partial charge < -0.3 is 10.2 Å². The van der Waals surface area contributed by atoms with Crippen molar-refractivity contribution in [2.75, 3.05) is 19.4 Å². The minimum absolute atomic E-state index is 0.130. The molecule has 3 aromatic carbocycles. The lowest BCUT2D eigenvalue weighted by atomic mass is 9.97. The van der Waals surface area contributed by atoms with Crippen molar-refractivity contribution in [2.45, 2.75) is 6.92 Å². The molecule has 0 bridgehead atoms. The van der Waals surface area contributed by atoms with Crippen LogP contribution in [0.25, 0.3) is 21.9 Å². The van der Waals surface area contributed by atoms with E-state index in [1.165, 1.54) is 5.56 Å². The van der Waals surface area contributed by atoms with Gasteiger partial charge in [0.1, 0.15) is 0 Å². The third-order valence-electron chi connectivity index (χ3n) is 3.93. The van der Waals surface area contributed by atoms with Crippen LogP contribution < -0.4 is 5.32 Å². The summed E-state index contributed by atoms with van der Waals surface area (Å²) in [7, 11) is 3.48. The fraction of sp³-hybridized carbons (Fsp3) is 0.150. The summed E-state index contributed by atoms with van der Waals surface area (Å²) in [5.74, 6) is 0. The molecular weight excluding hydrogens is 284 g/mol. The molecule has 3 heteroatoms. The Kier molecular flexibility index (Phi) is 4.02. The molecule has 0 spiro atoms. The van der Waals surface area contributed by atoms with Crippen molar-refractivity contribution in [3.8, 4) is 11.1 Å². The summed E-state index contributed by atoms with van der Waals surface area (Å²) >= 11 is 0. The van der Waals surface area contributed by atoms with Gasteiger partial charge in [-0.3, -0.25) is 0 Å². The molecule has 23 heavy (non-hydrogen) atoms. The fourth-order valence-electron chi connectivity index (χ4n) is 2.60. The molecule has 3 rings (SSSR count). The number of nitrogens with zero attached hydrogens (tertiary/aromatic N) is 1. The maximum absolute atomic E-state index is 12.2. The van der Waals surface area contributed by atoms with Crippen LogP contribution in [0, 0.1) is 6.92 Å². The first kappa shape index (κ1) is 15.1. The van der Waals surface area contributed by atoms with Crippen molar-refractivity contribution in [3.05, 3.63) is 66.2 Å². The normalized spacial score (nSPS) is 10.6. The van der Waals surface area contributed by atoms with Gasteiger partial charge in [-0.05, 0) is 17.9 Å². The van der Waals surface area contributed by atoms with Gasteiger partial charge in [-0.2, -0.15) is 0 Å². The number of carbonyl (C=O) groups excluding carboxylic acids is 1. The summed E-state index contributed by atoms with van der Waals surface area (Å²) in [6, 6.07) is 20.5. The van der Waals surface area contributed by atoms with Crippen LogP contribution in [0.15, 0.2) is 60.7 Å². The first-order valence-corrected chi connectivity index (χ1v) is 7.63. The lowest BCUT2D eigenvalue weighted by Crippen LogP contribution is -2.27. The molecule has 0 heterocycles. The fourth-order valence-corrected chi connectivity index (χ4v) is 2.60. The van der Waals surface area contributed by atoms with E-state index in [0.717, 1.165) is 27.6 Å². The van der Waals surface area contributed by atoms with Crippen LogP contribution in [0.4, 0.5) is 10.5 Å². The minimum Gasteiger partial charge on any atom is -0.331 e. The molecule has 0 radical (unpaired) electrons. The third kappa shape index (κ3) is 3.04. The second-order valence-electron chi connectivity index (χ2n) is 5.90. The third-order valence-corrected chi connectivity index (χ3v) is 3.93. The molecular formula is C20H20N2O. The highest BCUT2D eigenvalue weighted by atomic mass is 16.2. The Morgan fingerprint density at radius 1 is 0.913 bits per heavy atom. The molecule has 0 fully saturated rings. The summed E-state index contributed by atoms with van der Waals surface area (Å²) in [5.41, 5.74) is 4.19. The van der Waals surface area contributed by atoms with Crippen molar-refractivity contribution in [1.82, 2.24) is 4.90 Å². The highest BCUT2D eigenvalue weighted by Crippen LogP contribution is 2.35. The zero-order chi connectivity index (χ0) is 16.4. The van der Waals surface area contributed by atoms with Crippen LogP contribution >= 0.6 is 0 Å². The maximum Gasteiger partial charge on any atom is 0.321 e. The molecule has 3 aromatic rings. The van der Waals surface area contributed by atoms with Gasteiger partial charge in [-0.25, -0.2) is 4.79 Å². The smallest absolute Gasteiger partial charge is 0.321 e. The zero-order valence-corrected chi connectivity index (χ0v) is 13.6. The molecule has 0 atom stereocenters. The van der Waals surface area contributed by atoms with Gasteiger partial charge in [-0.1, -0.05) is 66.2 Å². The van der Waals surface area contributed by atoms with E-state index < -0.39 is 0 Å². The predicted octanol–water partition coefficient (Wildman–Crippen LogP) is 4.91. The second-order valence-corrected chi connectivity index (χ2v) is 5.90. The first-order valence-electron chi connectivity index (χ1n) is 7.63. The summed E-state index contributed by atoms with van der Waals surface area (Å²) < 4.78 is 0. The van der Waals surface area contributed by atoms with Gasteiger partial charge in [0.25, 0.3) is 0 Å². The van der Waals surface area contributed by atoms with E-state index in [1.807, 2.05) is 18.2 Å². The molecule has 116 valence electrons. The number of hydrogen-bond acceptors (Lipinski definition) is 1. The van der Waals surface area contributed by atoms with E-state index in [0.29, 0.717) is 0 Å². The monoisotopic (exact) mass is 304 g/mol. The molecule has 3 nitrogen and oxygen atoms in total. The van der Waals surface area contributed by atoms with Gasteiger partial charge >= 0.3 is 6.03 Å². The van der Waals surface area contributed by atoms with E-state index in [1.54, 1.807) is 19.0 Å². The Bertz CT molecular complexity index is 851. The van der Waals surface area contributed by atoms with Gasteiger partial charge in [-0.15, -0.1) is 0 Å². The van der Waals surface area contributed by atoms with Crippen molar-refractivity contribution in [1.29, 1.82) is 0 Å². The summed E-state index contributed by atoms with van der Waals surface area (Å²) in [5, 5.41) is 5.20. The van der Waals surface area contributed by atoms with Crippen LogP contribution in [0.1, 0.15) is 5.56 Å². The summed E-state index contributed by atoms with van der Waals surface area (Å²) in [6.45, 7) is 2.07. The number of anilines is 1. The minimum atomic E-state index is -0.130. The number of hydrogen-bond donors (Lipinski definition) is 1. The van der Waals surface area contributed by atoms with Crippen LogP contribution in [-0.2, 0) is 0 Å². The van der Waals surface area contributed by atoms with Crippen molar-refractivity contribution in [2.24, 2.45) is 0 Å². The quantitative estimate of drug-likeness (QED) is 0.717. The zero-order valence-electron chi connectivity index (χ0n) is 13.6. The number of amides is 2. The van der Waals surface area contributed by atoms with Crippen LogP contribution in [0.5, 0.6) is 0 Å². The number of nitrogens with one attached hydrogen (secondary N) is 1. The number of urea groups is 1. The lowest BCUT2D eigenvalue weighted by Gasteiger charge is -2.17. The molecule has 0 unspecified atom stereocenters. The Labute approximate surface area is 136 Å². The van der Waals surface area contributed by atoms with E-state index in [2.05, 4.69) is 54.7 Å². The average Bonchev–Trinajstić information content (AvgIpc) is 2.56. The van der Waals surface area contributed by atoms with Gasteiger partial charge in [0.05, 0.1) is 5.69 Å². The van der Waals surface area contributed by atoms with Crippen molar-refractivity contribution in [3.63, 3.8) is 0 Å². The second kappa shape index (κ2) is 6.13. The van der Waals surface area contributed by atoms with E-state index >= 15 is 0 Å². The molecule has 1 N–H and O–H groups in total. The molecule has 0 saturated carbocycles. The highest BCUT2D eigenvalue weighted by molar-refractivity contribution is 6.07. The van der Waals surface area contributed by atoms with Crippen molar-refractivity contribution < 1.29 is 4.79 Å². The molecule has 0 saturated heterocycles. The molecule has 0 aliphatic rings. The van der Waals surface area contributed by atoms with Gasteiger partial charge in [0.15, 0.2) is 0 Å². The average molecular weight is 304 g/mol. The molecule has 0 aliphatic carbocycles. The number of benzene rings is 3. The first-order chi connectivity index (χ1) is 11.1. The van der Waals surface area contributed by atoms with E-state index in [4.69, 9.17) is 0 Å². The Morgan fingerprint density at radius 2 is 1.61 bits per heavy atom. The topological polar surface area (TPSA) is 32.3 Å². The van der Waals surface area contributed by atoms with Gasteiger partial charge in [0.2, 0.25) is 0 Å². The van der Waals surface area contributed by atoms with Crippen LogP contribution in [-0.4, -0.2) is 25.0 Å². The molecule has 0 aliphatic heterocycles. The standard InChI is InChI=1S/C20H20N2O/c1-14-8-10-16(11-9-14)18-13-12-15-6-4-5-7-17(15)19(18)21-20(23)22(2)3/h4-13H,1-3H3,(H,21,23). The Balaban J connectivity index is 2.20. The van der Waals surface area contributed by atoms with Crippen molar-refractivity contribution >= 4 is 22.5 Å². The SMILES string of the molecule is Cc1ccc(-c2ccc3ccccc3c2NC(=O)N(C)C)cc1. The lowest BCUT2D eigenvalue weighted by molar-refractivity contribution is 0.231. The van der Waals surface area contributed by atoms with E-state index in [9.17, 15) is 4.79 Å². The number of rotatable bonds is 2. The highest BCUT2D eigenvalue weighted by Gasteiger charge is 2.13. The number of fused-ring (bicyclic) bond motifs is 1. The Morgan fingerprint density at radius 3 is 2.30 bits per heavy atom. The predicted molar refractivity (Wildman–Crippen MR) is 96.8 cm³/mol. The number of carbonyl (C=O) groups is 1. The molecule has 0 aromatic heterocycles. The van der Waals surface area contributed by atoms with Gasteiger partial charge in [0, 0.05) is 25.0 Å². The largest absolute Gasteiger partial charge is 0.331 e.